The predicted molar refractivity (Wildman–Crippen MR) is 94.0 cm³/mol. The maximum atomic E-state index is 12.8. The van der Waals surface area contributed by atoms with E-state index in [4.69, 9.17) is 4.74 Å². The number of sulfonamides is 1. The normalized spacial score (nSPS) is 16.3. The lowest BCUT2D eigenvalue weighted by atomic mass is 10.2. The molecule has 0 N–H and O–H groups in total. The molecular weight excluding hydrogens is 346 g/mol. The number of methoxy groups -OCH3 is 1. The molecule has 1 aliphatic rings. The zero-order valence-electron chi connectivity index (χ0n) is 14.6. The summed E-state index contributed by atoms with van der Waals surface area (Å²) < 4.78 is 30.8. The van der Waals surface area contributed by atoms with Crippen LogP contribution in [-0.2, 0) is 19.6 Å². The van der Waals surface area contributed by atoms with Gasteiger partial charge in [0.2, 0.25) is 22.3 Å². The average molecular weight is 369 g/mol. The fourth-order valence-electron chi connectivity index (χ4n) is 2.84. The molecule has 1 saturated heterocycles. The Morgan fingerprint density at radius 1 is 1.20 bits per heavy atom. The van der Waals surface area contributed by atoms with Crippen molar-refractivity contribution in [3.8, 4) is 5.75 Å². The summed E-state index contributed by atoms with van der Waals surface area (Å²) >= 11 is 0. The van der Waals surface area contributed by atoms with Crippen LogP contribution in [0.25, 0.3) is 0 Å². The molecule has 1 aliphatic heterocycles. The quantitative estimate of drug-likeness (QED) is 0.666. The van der Waals surface area contributed by atoms with Crippen molar-refractivity contribution in [1.29, 1.82) is 0 Å². The summed E-state index contributed by atoms with van der Waals surface area (Å²) in [5.41, 5.74) is 0.399. The first-order valence-electron chi connectivity index (χ1n) is 7.89. The summed E-state index contributed by atoms with van der Waals surface area (Å²) in [6, 6.07) is 5.62. The van der Waals surface area contributed by atoms with Crippen LogP contribution in [0.1, 0.15) is 6.92 Å². The summed E-state index contributed by atoms with van der Waals surface area (Å²) in [5.74, 6) is 0.313. The number of anilines is 1. The maximum absolute atomic E-state index is 12.8. The van der Waals surface area contributed by atoms with Crippen molar-refractivity contribution in [2.24, 2.45) is 0 Å². The molecule has 0 aromatic heterocycles. The molecule has 0 saturated carbocycles. The van der Waals surface area contributed by atoms with Crippen molar-refractivity contribution in [2.45, 2.75) is 13.0 Å². The van der Waals surface area contributed by atoms with E-state index in [9.17, 15) is 18.0 Å². The van der Waals surface area contributed by atoms with Crippen LogP contribution >= 0.6 is 0 Å². The fraction of sp³-hybridized carbons (Fsp3) is 0.500. The van der Waals surface area contributed by atoms with Crippen LogP contribution in [0.3, 0.4) is 0 Å². The van der Waals surface area contributed by atoms with Gasteiger partial charge in [0.25, 0.3) is 0 Å². The second kappa shape index (κ2) is 7.73. The largest absolute Gasteiger partial charge is 0.497 e. The van der Waals surface area contributed by atoms with E-state index in [1.54, 1.807) is 41.0 Å². The number of carbonyl (C=O) groups excluding carboxylic acids is 2. The van der Waals surface area contributed by atoms with Crippen molar-refractivity contribution in [3.63, 3.8) is 0 Å². The van der Waals surface area contributed by atoms with Gasteiger partial charge in [-0.3, -0.25) is 13.9 Å². The third-order valence-corrected chi connectivity index (χ3v) is 5.41. The van der Waals surface area contributed by atoms with Crippen LogP contribution in [0, 0.1) is 0 Å². The smallest absolute Gasteiger partial charge is 0.246 e. The van der Waals surface area contributed by atoms with Gasteiger partial charge in [-0.15, -0.1) is 0 Å². The molecule has 2 rings (SSSR count). The summed E-state index contributed by atoms with van der Waals surface area (Å²) in [5, 5.41) is 0. The van der Waals surface area contributed by atoms with Crippen molar-refractivity contribution in [1.82, 2.24) is 9.80 Å². The van der Waals surface area contributed by atoms with Gasteiger partial charge in [-0.1, -0.05) is 0 Å². The molecule has 138 valence electrons. The zero-order valence-corrected chi connectivity index (χ0v) is 15.4. The molecule has 9 heteroatoms. The number of amides is 2. The van der Waals surface area contributed by atoms with Gasteiger partial charge in [-0.2, -0.15) is 0 Å². The highest BCUT2D eigenvalue weighted by molar-refractivity contribution is 7.92. The second-order valence-electron chi connectivity index (χ2n) is 5.90. The van der Waals surface area contributed by atoms with Crippen molar-refractivity contribution >= 4 is 28.0 Å². The molecule has 1 aromatic rings. The van der Waals surface area contributed by atoms with E-state index in [1.807, 2.05) is 0 Å². The fourth-order valence-corrected chi connectivity index (χ4v) is 4.01. The molecule has 1 aromatic carbocycles. The Morgan fingerprint density at radius 3 is 2.20 bits per heavy atom. The monoisotopic (exact) mass is 369 g/mol. The summed E-state index contributed by atoms with van der Waals surface area (Å²) in [6.45, 7) is 3.25. The van der Waals surface area contributed by atoms with Crippen molar-refractivity contribution < 1.29 is 22.7 Å². The first kappa shape index (κ1) is 19.0. The number of carbonyl (C=O) groups is 2. The van der Waals surface area contributed by atoms with Gasteiger partial charge in [-0.05, 0) is 31.2 Å². The van der Waals surface area contributed by atoms with Gasteiger partial charge in [0.1, 0.15) is 11.8 Å². The number of rotatable bonds is 6. The third kappa shape index (κ3) is 4.41. The highest BCUT2D eigenvalue weighted by Gasteiger charge is 2.33. The predicted octanol–water partition coefficient (Wildman–Crippen LogP) is 0.150. The Kier molecular flexibility index (Phi) is 5.89. The summed E-state index contributed by atoms with van der Waals surface area (Å²) in [4.78, 5) is 26.7. The minimum absolute atomic E-state index is 0.285. The highest BCUT2D eigenvalue weighted by Crippen LogP contribution is 2.24. The Hall–Kier alpha value is -2.29. The van der Waals surface area contributed by atoms with E-state index in [-0.39, 0.29) is 5.91 Å². The van der Waals surface area contributed by atoms with Crippen LogP contribution in [0.4, 0.5) is 5.69 Å². The van der Waals surface area contributed by atoms with Crippen molar-refractivity contribution in [3.05, 3.63) is 24.3 Å². The molecule has 8 nitrogen and oxygen atoms in total. The van der Waals surface area contributed by atoms with Gasteiger partial charge in [0.15, 0.2) is 0 Å². The van der Waals surface area contributed by atoms with Crippen LogP contribution in [0.5, 0.6) is 5.75 Å². The van der Waals surface area contributed by atoms with E-state index in [1.165, 1.54) is 7.11 Å². The van der Waals surface area contributed by atoms with Gasteiger partial charge in [0, 0.05) is 26.2 Å². The maximum Gasteiger partial charge on any atom is 0.246 e. The molecule has 1 fully saturated rings. The molecule has 0 radical (unpaired) electrons. The number of hydrogen-bond acceptors (Lipinski definition) is 5. The number of hydrogen-bond donors (Lipinski definition) is 0. The minimum atomic E-state index is -3.66. The van der Waals surface area contributed by atoms with E-state index in [0.717, 1.165) is 17.0 Å². The van der Waals surface area contributed by atoms with Gasteiger partial charge in [0.05, 0.1) is 19.1 Å². The van der Waals surface area contributed by atoms with Crippen molar-refractivity contribution in [2.75, 3.05) is 43.8 Å². The molecule has 0 aliphatic carbocycles. The zero-order chi connectivity index (χ0) is 18.6. The average Bonchev–Trinajstić information content (AvgIpc) is 2.60. The van der Waals surface area contributed by atoms with Crippen LogP contribution in [0.15, 0.2) is 24.3 Å². The Labute approximate surface area is 148 Å². The number of benzene rings is 1. The summed E-state index contributed by atoms with van der Waals surface area (Å²) in [7, 11) is -2.14. The van der Waals surface area contributed by atoms with Crippen LogP contribution < -0.4 is 9.04 Å². The number of nitrogens with zero attached hydrogens (tertiary/aromatic N) is 3. The minimum Gasteiger partial charge on any atom is -0.497 e. The van der Waals surface area contributed by atoms with Crippen LogP contribution in [-0.4, -0.2) is 76.1 Å². The number of ether oxygens (including phenoxy) is 1. The van der Waals surface area contributed by atoms with Gasteiger partial charge < -0.3 is 14.5 Å². The Balaban J connectivity index is 2.22. The van der Waals surface area contributed by atoms with Gasteiger partial charge >= 0.3 is 0 Å². The van der Waals surface area contributed by atoms with E-state index >= 15 is 0 Å². The van der Waals surface area contributed by atoms with E-state index in [2.05, 4.69) is 0 Å². The Bertz CT molecular complexity index is 712. The molecule has 0 bridgehead atoms. The topological polar surface area (TPSA) is 87.2 Å². The van der Waals surface area contributed by atoms with E-state index < -0.39 is 16.1 Å². The van der Waals surface area contributed by atoms with Crippen LogP contribution in [0.2, 0.25) is 0 Å². The third-order valence-electron chi connectivity index (χ3n) is 4.17. The first-order chi connectivity index (χ1) is 11.8. The molecule has 25 heavy (non-hydrogen) atoms. The lowest BCUT2D eigenvalue weighted by molar-refractivity contribution is -0.135. The molecule has 2 amide bonds. The van der Waals surface area contributed by atoms with E-state index in [0.29, 0.717) is 37.6 Å². The lowest BCUT2D eigenvalue weighted by Crippen LogP contribution is -2.55. The first-order valence-corrected chi connectivity index (χ1v) is 9.74. The highest BCUT2D eigenvalue weighted by atomic mass is 32.2. The summed E-state index contributed by atoms with van der Waals surface area (Å²) in [6.07, 6.45) is 1.83. The molecular formula is C16H23N3O5S. The molecule has 0 unspecified atom stereocenters. The molecule has 1 atom stereocenters. The number of piperazine rings is 1. The second-order valence-corrected chi connectivity index (χ2v) is 7.76. The lowest BCUT2D eigenvalue weighted by Gasteiger charge is -2.36. The molecule has 1 heterocycles. The molecule has 0 spiro atoms. The SMILES string of the molecule is COc1ccc(N([C@H](C)C(=O)N2CCN(C=O)CC2)S(C)(=O)=O)cc1. The standard InChI is InChI=1S/C16H23N3O5S/c1-13(16(21)18-10-8-17(12-20)9-11-18)19(25(3,22)23)14-4-6-15(24-2)7-5-14/h4-7,12-13H,8-11H2,1-3H3/t13-/m1/s1. The Morgan fingerprint density at radius 2 is 1.76 bits per heavy atom. The van der Waals surface area contributed by atoms with Gasteiger partial charge in [-0.25, -0.2) is 8.42 Å².